The predicted molar refractivity (Wildman–Crippen MR) is 87.2 cm³/mol. The molecule has 7 heteroatoms. The van der Waals surface area contributed by atoms with Crippen LogP contribution in [0.15, 0.2) is 23.8 Å². The lowest BCUT2D eigenvalue weighted by atomic mass is 10.0. The van der Waals surface area contributed by atoms with Crippen molar-refractivity contribution in [3.05, 3.63) is 29.3 Å². The Morgan fingerprint density at radius 1 is 1.42 bits per heavy atom. The van der Waals surface area contributed by atoms with E-state index in [0.717, 1.165) is 0 Å². The summed E-state index contributed by atoms with van der Waals surface area (Å²) in [6, 6.07) is 2.88. The smallest absolute Gasteiger partial charge is 0.331 e. The second-order valence-corrected chi connectivity index (χ2v) is 5.73. The van der Waals surface area contributed by atoms with Crippen LogP contribution in [0.2, 0.25) is 0 Å². The van der Waals surface area contributed by atoms with Gasteiger partial charge in [0.25, 0.3) is 0 Å². The number of phenols is 1. The van der Waals surface area contributed by atoms with Crippen molar-refractivity contribution in [1.82, 2.24) is 0 Å². The summed E-state index contributed by atoms with van der Waals surface area (Å²) in [6.45, 7) is 3.12. The molecule has 1 aliphatic rings. The number of rotatable bonds is 4. The summed E-state index contributed by atoms with van der Waals surface area (Å²) >= 11 is 0. The molecule has 0 aliphatic carbocycles. The predicted octanol–water partition coefficient (Wildman–Crippen LogP) is 1.83. The maximum absolute atomic E-state index is 11.7. The molecule has 130 valence electrons. The Bertz CT molecular complexity index is 682. The quantitative estimate of drug-likeness (QED) is 0.624. The van der Waals surface area contributed by atoms with Gasteiger partial charge in [0.1, 0.15) is 17.6 Å². The number of benzene rings is 1. The fourth-order valence-corrected chi connectivity index (χ4v) is 2.47. The lowest BCUT2D eigenvalue weighted by Gasteiger charge is -2.21. The summed E-state index contributed by atoms with van der Waals surface area (Å²) in [4.78, 5) is 22.7. The van der Waals surface area contributed by atoms with Gasteiger partial charge < -0.3 is 25.4 Å². The van der Waals surface area contributed by atoms with Crippen LogP contribution < -0.4 is 10.1 Å². The highest BCUT2D eigenvalue weighted by Gasteiger charge is 2.27. The van der Waals surface area contributed by atoms with Gasteiger partial charge >= 0.3 is 5.97 Å². The lowest BCUT2D eigenvalue weighted by Crippen LogP contribution is -2.29. The Morgan fingerprint density at radius 2 is 2.12 bits per heavy atom. The average Bonchev–Trinajstić information content (AvgIpc) is 2.67. The average molecular weight is 335 g/mol. The van der Waals surface area contributed by atoms with Crippen molar-refractivity contribution in [3.63, 3.8) is 0 Å². The van der Waals surface area contributed by atoms with Crippen LogP contribution in [0, 0.1) is 0 Å². The number of aryl methyl sites for hydroxylation is 1. The second kappa shape index (κ2) is 7.35. The van der Waals surface area contributed by atoms with E-state index < -0.39 is 18.2 Å². The molecule has 2 unspecified atom stereocenters. The van der Waals surface area contributed by atoms with Crippen molar-refractivity contribution >= 4 is 17.6 Å². The SMILES string of the molecule is CCC(=O)Nc1cc(O)cc2c1OC(C=C(C)C(=O)O)C(O)CC2. The minimum Gasteiger partial charge on any atom is -0.508 e. The number of aliphatic hydroxyl groups excluding tert-OH is 1. The summed E-state index contributed by atoms with van der Waals surface area (Å²) in [5.41, 5.74) is 1.00. The second-order valence-electron chi connectivity index (χ2n) is 5.73. The molecule has 2 rings (SSSR count). The lowest BCUT2D eigenvalue weighted by molar-refractivity contribution is -0.132. The zero-order chi connectivity index (χ0) is 17.9. The largest absolute Gasteiger partial charge is 0.508 e. The van der Waals surface area contributed by atoms with E-state index in [1.807, 2.05) is 0 Å². The first-order valence-corrected chi connectivity index (χ1v) is 7.74. The number of hydrogen-bond donors (Lipinski definition) is 4. The van der Waals surface area contributed by atoms with Crippen LogP contribution in [-0.2, 0) is 16.0 Å². The molecule has 1 aliphatic heterocycles. The topological polar surface area (TPSA) is 116 Å². The number of aromatic hydroxyl groups is 1. The Morgan fingerprint density at radius 3 is 2.75 bits per heavy atom. The molecule has 1 heterocycles. The summed E-state index contributed by atoms with van der Waals surface area (Å²) in [7, 11) is 0. The highest BCUT2D eigenvalue weighted by Crippen LogP contribution is 2.38. The van der Waals surface area contributed by atoms with Crippen LogP contribution in [0.5, 0.6) is 11.5 Å². The molecule has 0 radical (unpaired) electrons. The van der Waals surface area contributed by atoms with Gasteiger partial charge in [0.2, 0.25) is 5.91 Å². The van der Waals surface area contributed by atoms with Gasteiger partial charge in [-0.2, -0.15) is 0 Å². The first-order chi connectivity index (χ1) is 11.3. The molecule has 7 nitrogen and oxygen atoms in total. The molecule has 1 aromatic rings. The number of carboxylic acid groups (broad SMARTS) is 1. The van der Waals surface area contributed by atoms with E-state index in [-0.39, 0.29) is 23.7 Å². The Balaban J connectivity index is 2.43. The number of aliphatic carboxylic acids is 1. The number of carbonyl (C=O) groups excluding carboxylic acids is 1. The zero-order valence-corrected chi connectivity index (χ0v) is 13.6. The van der Waals surface area contributed by atoms with Crippen LogP contribution in [-0.4, -0.2) is 39.4 Å². The van der Waals surface area contributed by atoms with E-state index in [1.165, 1.54) is 25.1 Å². The first-order valence-electron chi connectivity index (χ1n) is 7.74. The zero-order valence-electron chi connectivity index (χ0n) is 13.6. The Hall–Kier alpha value is -2.54. The summed E-state index contributed by atoms with van der Waals surface area (Å²) in [5.74, 6) is -1.02. The number of amides is 1. The van der Waals surface area contributed by atoms with Crippen LogP contribution >= 0.6 is 0 Å². The number of carboxylic acids is 1. The summed E-state index contributed by atoms with van der Waals surface area (Å²) < 4.78 is 5.81. The molecule has 1 amide bonds. The first kappa shape index (κ1) is 17.8. The van der Waals surface area contributed by atoms with Crippen molar-refractivity contribution in [1.29, 1.82) is 0 Å². The Kier molecular flexibility index (Phi) is 5.46. The van der Waals surface area contributed by atoms with E-state index in [9.17, 15) is 19.8 Å². The monoisotopic (exact) mass is 335 g/mol. The number of nitrogens with one attached hydrogen (secondary N) is 1. The van der Waals surface area contributed by atoms with Crippen LogP contribution in [0.1, 0.15) is 32.3 Å². The summed E-state index contributed by atoms with van der Waals surface area (Å²) in [6.07, 6.45) is 0.615. The van der Waals surface area contributed by atoms with Gasteiger partial charge in [-0.3, -0.25) is 4.79 Å². The van der Waals surface area contributed by atoms with Crippen LogP contribution in [0.3, 0.4) is 0 Å². The van der Waals surface area contributed by atoms with Gasteiger partial charge in [0.05, 0.1) is 11.8 Å². The molecule has 0 bridgehead atoms. The van der Waals surface area contributed by atoms with Crippen molar-refractivity contribution in [2.45, 2.75) is 45.3 Å². The number of hydrogen-bond acceptors (Lipinski definition) is 5. The molecule has 24 heavy (non-hydrogen) atoms. The van der Waals surface area contributed by atoms with Gasteiger partial charge in [-0.05, 0) is 31.9 Å². The molecular weight excluding hydrogens is 314 g/mol. The fraction of sp³-hybridized carbons (Fsp3) is 0.412. The molecule has 0 saturated heterocycles. The molecule has 2 atom stereocenters. The van der Waals surface area contributed by atoms with E-state index >= 15 is 0 Å². The van der Waals surface area contributed by atoms with Crippen LogP contribution in [0.25, 0.3) is 0 Å². The number of fused-ring (bicyclic) bond motifs is 1. The molecular formula is C17H21NO6. The molecule has 0 spiro atoms. The molecule has 0 fully saturated rings. The van der Waals surface area contributed by atoms with Crippen molar-refractivity contribution in [2.24, 2.45) is 0 Å². The van der Waals surface area contributed by atoms with Gasteiger partial charge in [-0.25, -0.2) is 4.79 Å². The van der Waals surface area contributed by atoms with Gasteiger partial charge in [0.15, 0.2) is 0 Å². The minimum absolute atomic E-state index is 0.0195. The van der Waals surface area contributed by atoms with Gasteiger partial charge in [0, 0.05) is 23.6 Å². The maximum atomic E-state index is 11.7. The third kappa shape index (κ3) is 4.05. The third-order valence-electron chi connectivity index (χ3n) is 3.84. The van der Waals surface area contributed by atoms with E-state index in [0.29, 0.717) is 29.8 Å². The van der Waals surface area contributed by atoms with Crippen molar-refractivity contribution < 1.29 is 29.6 Å². The van der Waals surface area contributed by atoms with Crippen molar-refractivity contribution in [3.8, 4) is 11.5 Å². The highest BCUT2D eigenvalue weighted by atomic mass is 16.5. The van der Waals surface area contributed by atoms with Crippen molar-refractivity contribution in [2.75, 3.05) is 5.32 Å². The summed E-state index contributed by atoms with van der Waals surface area (Å²) in [5, 5.41) is 31.7. The van der Waals surface area contributed by atoms with Gasteiger partial charge in [-0.1, -0.05) is 6.92 Å². The van der Waals surface area contributed by atoms with Crippen LogP contribution in [0.4, 0.5) is 5.69 Å². The normalized spacial score (nSPS) is 20.5. The minimum atomic E-state index is -1.10. The Labute approximate surface area is 139 Å². The number of carbonyl (C=O) groups is 2. The third-order valence-corrected chi connectivity index (χ3v) is 3.84. The maximum Gasteiger partial charge on any atom is 0.331 e. The number of anilines is 1. The molecule has 1 aromatic carbocycles. The van der Waals surface area contributed by atoms with E-state index in [2.05, 4.69) is 5.32 Å². The number of aliphatic hydroxyl groups is 1. The number of ether oxygens (including phenoxy) is 1. The highest BCUT2D eigenvalue weighted by molar-refractivity contribution is 5.92. The molecule has 4 N–H and O–H groups in total. The van der Waals surface area contributed by atoms with E-state index in [1.54, 1.807) is 6.92 Å². The van der Waals surface area contributed by atoms with Gasteiger partial charge in [-0.15, -0.1) is 0 Å². The molecule has 0 aromatic heterocycles. The molecule has 0 saturated carbocycles. The number of phenolic OH excluding ortho intramolecular Hbond substituents is 1. The van der Waals surface area contributed by atoms with E-state index in [4.69, 9.17) is 9.84 Å². The standard InChI is InChI=1S/C17H21NO6/c1-3-15(21)18-12-8-11(19)7-10-4-5-13(20)14(24-16(10)12)6-9(2)17(22)23/h6-8,13-14,19-20H,3-5H2,1-2H3,(H,18,21)(H,22,23). The fourth-order valence-electron chi connectivity index (χ4n) is 2.47.